The Morgan fingerprint density at radius 3 is 2.32 bits per heavy atom. The Bertz CT molecular complexity index is 837. The molecule has 0 aliphatic heterocycles. The van der Waals surface area contributed by atoms with Crippen molar-refractivity contribution < 1.29 is 17.9 Å². The van der Waals surface area contributed by atoms with Gasteiger partial charge in [0.1, 0.15) is 16.3 Å². The number of carbonyl (C=O) groups excluding carboxylic acids is 1. The summed E-state index contributed by atoms with van der Waals surface area (Å²) in [6.45, 7) is 4.31. The van der Waals surface area contributed by atoms with Crippen molar-refractivity contribution >= 4 is 21.6 Å². The van der Waals surface area contributed by atoms with E-state index in [2.05, 4.69) is 5.32 Å². The van der Waals surface area contributed by atoms with Crippen LogP contribution in [0.15, 0.2) is 41.4 Å². The predicted molar refractivity (Wildman–Crippen MR) is 96.5 cm³/mol. The van der Waals surface area contributed by atoms with Crippen molar-refractivity contribution in [2.24, 2.45) is 7.05 Å². The molecule has 136 valence electrons. The number of amides is 1. The van der Waals surface area contributed by atoms with E-state index in [1.54, 1.807) is 52.3 Å². The maximum absolute atomic E-state index is 12.6. The molecule has 25 heavy (non-hydrogen) atoms. The van der Waals surface area contributed by atoms with Crippen LogP contribution in [0, 0.1) is 0 Å². The Morgan fingerprint density at radius 2 is 1.80 bits per heavy atom. The van der Waals surface area contributed by atoms with Crippen molar-refractivity contribution in [1.29, 1.82) is 0 Å². The molecule has 0 saturated heterocycles. The summed E-state index contributed by atoms with van der Waals surface area (Å²) in [5.41, 5.74) is 0.863. The number of carbonyl (C=O) groups is 1. The van der Waals surface area contributed by atoms with Gasteiger partial charge in [0.15, 0.2) is 0 Å². The smallest absolute Gasteiger partial charge is 0.272 e. The fraction of sp³-hybridized carbons (Fsp3) is 0.353. The van der Waals surface area contributed by atoms with Crippen LogP contribution in [0.1, 0.15) is 24.3 Å². The van der Waals surface area contributed by atoms with Crippen LogP contribution in [0.5, 0.6) is 5.75 Å². The van der Waals surface area contributed by atoms with Gasteiger partial charge in [-0.15, -0.1) is 0 Å². The van der Waals surface area contributed by atoms with Crippen molar-refractivity contribution in [3.8, 4) is 5.75 Å². The number of ether oxygens (including phenoxy) is 1. The van der Waals surface area contributed by atoms with Gasteiger partial charge in [0, 0.05) is 32.0 Å². The van der Waals surface area contributed by atoms with E-state index in [0.29, 0.717) is 24.5 Å². The third-order valence-electron chi connectivity index (χ3n) is 3.90. The van der Waals surface area contributed by atoms with Gasteiger partial charge in [0.2, 0.25) is 10.0 Å². The van der Waals surface area contributed by atoms with Gasteiger partial charge in [-0.1, -0.05) is 13.8 Å². The number of sulfonamides is 1. The Hall–Kier alpha value is -2.32. The zero-order chi connectivity index (χ0) is 18.6. The topological polar surface area (TPSA) is 80.6 Å². The number of anilines is 1. The summed E-state index contributed by atoms with van der Waals surface area (Å²) in [5.74, 6) is 0.304. The summed E-state index contributed by atoms with van der Waals surface area (Å²) in [5, 5.41) is 2.75. The monoisotopic (exact) mass is 365 g/mol. The summed E-state index contributed by atoms with van der Waals surface area (Å²) in [6, 6.07) is 8.29. The van der Waals surface area contributed by atoms with Crippen molar-refractivity contribution in [3.63, 3.8) is 0 Å². The number of rotatable bonds is 7. The van der Waals surface area contributed by atoms with Gasteiger partial charge in [-0.05, 0) is 30.3 Å². The SMILES string of the molecule is CCN(CC)S(=O)(=O)c1cc(C(=O)Nc2ccc(OC)cc2)n(C)c1. The zero-order valence-electron chi connectivity index (χ0n) is 14.8. The molecule has 0 radical (unpaired) electrons. The molecule has 0 unspecified atom stereocenters. The molecule has 2 rings (SSSR count). The van der Waals surface area contributed by atoms with Gasteiger partial charge >= 0.3 is 0 Å². The Kier molecular flexibility index (Phi) is 5.86. The van der Waals surface area contributed by atoms with E-state index in [1.165, 1.54) is 21.1 Å². The standard InChI is InChI=1S/C17H23N3O4S/c1-5-20(6-2)25(22,23)15-11-16(19(3)12-15)17(21)18-13-7-9-14(24-4)10-8-13/h7-12H,5-6H2,1-4H3,(H,18,21). The first-order valence-electron chi connectivity index (χ1n) is 7.95. The molecule has 0 fully saturated rings. The second-order valence-electron chi connectivity index (χ2n) is 5.44. The first-order valence-corrected chi connectivity index (χ1v) is 9.39. The van der Waals surface area contributed by atoms with Crippen molar-refractivity contribution in [3.05, 3.63) is 42.2 Å². The van der Waals surface area contributed by atoms with Crippen LogP contribution in [-0.4, -0.2) is 43.4 Å². The third-order valence-corrected chi connectivity index (χ3v) is 5.92. The fourth-order valence-electron chi connectivity index (χ4n) is 2.48. The molecule has 0 atom stereocenters. The highest BCUT2D eigenvalue weighted by Crippen LogP contribution is 2.20. The lowest BCUT2D eigenvalue weighted by molar-refractivity contribution is 0.101. The van der Waals surface area contributed by atoms with E-state index < -0.39 is 10.0 Å². The third kappa shape index (κ3) is 4.02. The molecule has 0 saturated carbocycles. The lowest BCUT2D eigenvalue weighted by Crippen LogP contribution is -2.30. The van der Waals surface area contributed by atoms with E-state index in [0.717, 1.165) is 0 Å². The predicted octanol–water partition coefficient (Wildman–Crippen LogP) is 2.32. The summed E-state index contributed by atoms with van der Waals surface area (Å²) < 4.78 is 33.1. The van der Waals surface area contributed by atoms with Crippen molar-refractivity contribution in [1.82, 2.24) is 8.87 Å². The maximum atomic E-state index is 12.6. The number of hydrogen-bond acceptors (Lipinski definition) is 4. The fourth-order valence-corrected chi connectivity index (χ4v) is 4.01. The van der Waals surface area contributed by atoms with Gasteiger partial charge in [-0.25, -0.2) is 8.42 Å². The second-order valence-corrected chi connectivity index (χ2v) is 7.38. The second kappa shape index (κ2) is 7.71. The molecule has 1 aromatic carbocycles. The first kappa shape index (κ1) is 19.0. The normalized spacial score (nSPS) is 11.6. The number of aryl methyl sites for hydroxylation is 1. The first-order chi connectivity index (χ1) is 11.8. The number of aromatic nitrogens is 1. The lowest BCUT2D eigenvalue weighted by Gasteiger charge is -2.17. The number of methoxy groups -OCH3 is 1. The van der Waals surface area contributed by atoms with Gasteiger partial charge in [-0.2, -0.15) is 4.31 Å². The molecule has 0 aliphatic carbocycles. The van der Waals surface area contributed by atoms with Gasteiger partial charge in [0.25, 0.3) is 5.91 Å². The van der Waals surface area contributed by atoms with Crippen LogP contribution < -0.4 is 10.1 Å². The van der Waals surface area contributed by atoms with E-state index >= 15 is 0 Å². The lowest BCUT2D eigenvalue weighted by atomic mass is 10.3. The molecular formula is C17H23N3O4S. The molecule has 0 bridgehead atoms. The molecule has 7 nitrogen and oxygen atoms in total. The summed E-state index contributed by atoms with van der Waals surface area (Å²) in [6.07, 6.45) is 1.45. The molecule has 8 heteroatoms. The van der Waals surface area contributed by atoms with Gasteiger partial charge in [-0.3, -0.25) is 4.79 Å². The highest BCUT2D eigenvalue weighted by Gasteiger charge is 2.25. The number of nitrogens with one attached hydrogen (secondary N) is 1. The van der Waals surface area contributed by atoms with Crippen LogP contribution in [0.2, 0.25) is 0 Å². The Morgan fingerprint density at radius 1 is 1.20 bits per heavy atom. The van der Waals surface area contributed by atoms with E-state index in [9.17, 15) is 13.2 Å². The minimum absolute atomic E-state index is 0.110. The molecule has 1 aromatic heterocycles. The molecule has 0 aliphatic rings. The molecule has 1 N–H and O–H groups in total. The Labute approximate surface area is 148 Å². The summed E-state index contributed by atoms with van der Waals surface area (Å²) in [4.78, 5) is 12.6. The minimum Gasteiger partial charge on any atom is -0.497 e. The van der Waals surface area contributed by atoms with E-state index in [-0.39, 0.29) is 16.5 Å². The van der Waals surface area contributed by atoms with Crippen molar-refractivity contribution in [2.45, 2.75) is 18.7 Å². The highest BCUT2D eigenvalue weighted by atomic mass is 32.2. The number of nitrogens with zero attached hydrogens (tertiary/aromatic N) is 2. The van der Waals surface area contributed by atoms with Crippen LogP contribution >= 0.6 is 0 Å². The molecule has 0 spiro atoms. The number of benzene rings is 1. The van der Waals surface area contributed by atoms with E-state index in [4.69, 9.17) is 4.74 Å². The molecule has 2 aromatic rings. The van der Waals surface area contributed by atoms with Crippen LogP contribution in [0.4, 0.5) is 5.69 Å². The molecular weight excluding hydrogens is 342 g/mol. The Balaban J connectivity index is 2.25. The molecule has 1 heterocycles. The average Bonchev–Trinajstić information content (AvgIpc) is 2.99. The summed E-state index contributed by atoms with van der Waals surface area (Å²) in [7, 11) is -0.394. The largest absolute Gasteiger partial charge is 0.497 e. The van der Waals surface area contributed by atoms with Crippen LogP contribution in [0.3, 0.4) is 0 Å². The van der Waals surface area contributed by atoms with Crippen LogP contribution in [0.25, 0.3) is 0 Å². The number of hydrogen-bond donors (Lipinski definition) is 1. The van der Waals surface area contributed by atoms with E-state index in [1.807, 2.05) is 0 Å². The van der Waals surface area contributed by atoms with Gasteiger partial charge in [0.05, 0.1) is 7.11 Å². The average molecular weight is 365 g/mol. The quantitative estimate of drug-likeness (QED) is 0.816. The zero-order valence-corrected chi connectivity index (χ0v) is 15.6. The summed E-state index contributed by atoms with van der Waals surface area (Å²) >= 11 is 0. The highest BCUT2D eigenvalue weighted by molar-refractivity contribution is 7.89. The van der Waals surface area contributed by atoms with Gasteiger partial charge < -0.3 is 14.6 Å². The maximum Gasteiger partial charge on any atom is 0.272 e. The van der Waals surface area contributed by atoms with Crippen LogP contribution in [-0.2, 0) is 17.1 Å². The van der Waals surface area contributed by atoms with Crippen molar-refractivity contribution in [2.75, 3.05) is 25.5 Å². The molecule has 1 amide bonds. The minimum atomic E-state index is -3.60.